The van der Waals surface area contributed by atoms with Crippen molar-refractivity contribution in [2.45, 2.75) is 25.4 Å². The number of nitrogens with two attached hydrogens (primary N) is 1. The molecule has 4 heteroatoms. The molecule has 0 amide bonds. The van der Waals surface area contributed by atoms with Crippen LogP contribution < -0.4 is 5.73 Å². The lowest BCUT2D eigenvalue weighted by molar-refractivity contribution is 0.110. The molecule has 84 valence electrons. The van der Waals surface area contributed by atoms with Crippen LogP contribution in [0.3, 0.4) is 0 Å². The number of nitrogen functional groups attached to an aromatic ring is 1. The summed E-state index contributed by atoms with van der Waals surface area (Å²) in [6, 6.07) is 5.86. The Hall–Kier alpha value is -1.55. The van der Waals surface area contributed by atoms with Crippen LogP contribution in [0.15, 0.2) is 24.4 Å². The average Bonchev–Trinajstić information content (AvgIpc) is 2.90. The van der Waals surface area contributed by atoms with Crippen LogP contribution in [0.1, 0.15) is 18.7 Å². The maximum Gasteiger partial charge on any atom is 0.117 e. The molecular weight excluding hydrogens is 202 g/mol. The number of nitrogens with zero attached hydrogens (tertiary/aromatic N) is 2. The Labute approximate surface area is 94.0 Å². The van der Waals surface area contributed by atoms with Gasteiger partial charge in [-0.15, -0.1) is 0 Å². The predicted molar refractivity (Wildman–Crippen MR) is 62.3 cm³/mol. The summed E-state index contributed by atoms with van der Waals surface area (Å²) in [6.45, 7) is 0.878. The van der Waals surface area contributed by atoms with E-state index in [1.54, 1.807) is 0 Å². The van der Waals surface area contributed by atoms with Crippen LogP contribution in [-0.4, -0.2) is 22.1 Å². The summed E-state index contributed by atoms with van der Waals surface area (Å²) in [6.07, 6.45) is 5.30. The van der Waals surface area contributed by atoms with Crippen LogP contribution in [0.25, 0.3) is 5.52 Å². The molecule has 2 N–H and O–H groups in total. The summed E-state index contributed by atoms with van der Waals surface area (Å²) in [7, 11) is 0. The van der Waals surface area contributed by atoms with Gasteiger partial charge in [0.2, 0.25) is 0 Å². The number of aromatic nitrogens is 2. The van der Waals surface area contributed by atoms with Gasteiger partial charge in [-0.05, 0) is 25.0 Å². The van der Waals surface area contributed by atoms with Gasteiger partial charge < -0.3 is 10.5 Å². The number of pyridine rings is 1. The van der Waals surface area contributed by atoms with Crippen molar-refractivity contribution in [1.29, 1.82) is 0 Å². The summed E-state index contributed by atoms with van der Waals surface area (Å²) in [5, 5.41) is 0. The molecule has 3 heterocycles. The second-order valence-electron chi connectivity index (χ2n) is 4.22. The number of anilines is 1. The van der Waals surface area contributed by atoms with Gasteiger partial charge in [0.1, 0.15) is 11.6 Å². The van der Waals surface area contributed by atoms with E-state index in [0.717, 1.165) is 43.0 Å². The van der Waals surface area contributed by atoms with E-state index < -0.39 is 0 Å². The fraction of sp³-hybridized carbons (Fsp3) is 0.417. The first-order valence-electron chi connectivity index (χ1n) is 5.67. The van der Waals surface area contributed by atoms with Crippen molar-refractivity contribution in [3.8, 4) is 0 Å². The number of hydrogen-bond acceptors (Lipinski definition) is 3. The molecule has 0 bridgehead atoms. The maximum absolute atomic E-state index is 5.96. The van der Waals surface area contributed by atoms with Crippen molar-refractivity contribution >= 4 is 11.3 Å². The van der Waals surface area contributed by atoms with E-state index in [1.165, 1.54) is 0 Å². The second kappa shape index (κ2) is 3.79. The number of ether oxygens (including phenoxy) is 1. The third-order valence-electron chi connectivity index (χ3n) is 3.09. The molecule has 4 nitrogen and oxygen atoms in total. The molecule has 2 aromatic heterocycles. The Bertz CT molecular complexity index is 500. The Morgan fingerprint density at radius 1 is 1.50 bits per heavy atom. The third kappa shape index (κ3) is 1.55. The van der Waals surface area contributed by atoms with E-state index in [1.807, 2.05) is 28.8 Å². The first-order chi connectivity index (χ1) is 7.84. The van der Waals surface area contributed by atoms with E-state index >= 15 is 0 Å². The third-order valence-corrected chi connectivity index (χ3v) is 3.09. The van der Waals surface area contributed by atoms with E-state index in [9.17, 15) is 0 Å². The molecule has 1 atom stereocenters. The molecule has 2 aromatic rings. The van der Waals surface area contributed by atoms with Crippen molar-refractivity contribution in [2.24, 2.45) is 0 Å². The first-order valence-corrected chi connectivity index (χ1v) is 5.67. The van der Waals surface area contributed by atoms with Gasteiger partial charge in [0.15, 0.2) is 0 Å². The number of imidazole rings is 1. The number of rotatable bonds is 2. The minimum atomic E-state index is 0.310. The Balaban J connectivity index is 1.97. The highest BCUT2D eigenvalue weighted by molar-refractivity contribution is 5.53. The van der Waals surface area contributed by atoms with Gasteiger partial charge in [0.25, 0.3) is 0 Å². The lowest BCUT2D eigenvalue weighted by Crippen LogP contribution is -2.12. The summed E-state index contributed by atoms with van der Waals surface area (Å²) in [4.78, 5) is 4.42. The van der Waals surface area contributed by atoms with Crippen molar-refractivity contribution in [2.75, 3.05) is 12.3 Å². The smallest absolute Gasteiger partial charge is 0.117 e. The normalized spacial score (nSPS) is 20.6. The van der Waals surface area contributed by atoms with Gasteiger partial charge in [0, 0.05) is 13.0 Å². The quantitative estimate of drug-likeness (QED) is 0.832. The largest absolute Gasteiger partial charge is 0.385 e. The Morgan fingerprint density at radius 3 is 3.25 bits per heavy atom. The van der Waals surface area contributed by atoms with Crippen LogP contribution in [0, 0.1) is 0 Å². The second-order valence-corrected chi connectivity index (χ2v) is 4.22. The van der Waals surface area contributed by atoms with Gasteiger partial charge >= 0.3 is 0 Å². The van der Waals surface area contributed by atoms with Gasteiger partial charge in [-0.2, -0.15) is 0 Å². The minimum absolute atomic E-state index is 0.310. The molecule has 1 aliphatic heterocycles. The van der Waals surface area contributed by atoms with Crippen molar-refractivity contribution in [1.82, 2.24) is 9.38 Å². The van der Waals surface area contributed by atoms with Gasteiger partial charge in [0.05, 0.1) is 17.8 Å². The summed E-state index contributed by atoms with van der Waals surface area (Å²) >= 11 is 0. The zero-order chi connectivity index (χ0) is 11.0. The molecule has 0 radical (unpaired) electrons. The monoisotopic (exact) mass is 217 g/mol. The SMILES string of the molecule is Nc1cccc2cnc(CC3CCCO3)n12. The fourth-order valence-electron chi connectivity index (χ4n) is 2.29. The molecule has 1 unspecified atom stereocenters. The van der Waals surface area contributed by atoms with Crippen LogP contribution in [0.4, 0.5) is 5.82 Å². The van der Waals surface area contributed by atoms with Gasteiger partial charge in [-0.3, -0.25) is 4.40 Å². The minimum Gasteiger partial charge on any atom is -0.385 e. The molecule has 0 saturated carbocycles. The zero-order valence-corrected chi connectivity index (χ0v) is 9.10. The summed E-state index contributed by atoms with van der Waals surface area (Å²) < 4.78 is 7.62. The molecule has 0 spiro atoms. The Kier molecular flexibility index (Phi) is 2.29. The number of hydrogen-bond donors (Lipinski definition) is 1. The molecule has 1 aliphatic rings. The highest BCUT2D eigenvalue weighted by Gasteiger charge is 2.18. The van der Waals surface area contributed by atoms with E-state index in [4.69, 9.17) is 10.5 Å². The average molecular weight is 217 g/mol. The van der Waals surface area contributed by atoms with E-state index in [2.05, 4.69) is 4.98 Å². The lowest BCUT2D eigenvalue weighted by Gasteiger charge is -2.09. The molecule has 3 rings (SSSR count). The highest BCUT2D eigenvalue weighted by Crippen LogP contribution is 2.19. The maximum atomic E-state index is 5.96. The van der Waals surface area contributed by atoms with Crippen molar-refractivity contribution < 1.29 is 4.74 Å². The van der Waals surface area contributed by atoms with Gasteiger partial charge in [-0.25, -0.2) is 4.98 Å². The van der Waals surface area contributed by atoms with Crippen LogP contribution >= 0.6 is 0 Å². The van der Waals surface area contributed by atoms with Crippen LogP contribution in [0.2, 0.25) is 0 Å². The standard InChI is InChI=1S/C12H15N3O/c13-11-5-1-3-9-8-14-12(15(9)11)7-10-4-2-6-16-10/h1,3,5,8,10H,2,4,6-7,13H2. The highest BCUT2D eigenvalue weighted by atomic mass is 16.5. The van der Waals surface area contributed by atoms with E-state index in [-0.39, 0.29) is 0 Å². The van der Waals surface area contributed by atoms with Crippen LogP contribution in [-0.2, 0) is 11.2 Å². The summed E-state index contributed by atoms with van der Waals surface area (Å²) in [5.41, 5.74) is 7.01. The number of fused-ring (bicyclic) bond motifs is 1. The predicted octanol–water partition coefficient (Wildman–Crippen LogP) is 1.64. The van der Waals surface area contributed by atoms with Gasteiger partial charge in [-0.1, -0.05) is 6.07 Å². The molecule has 1 fully saturated rings. The lowest BCUT2D eigenvalue weighted by atomic mass is 10.2. The molecule has 16 heavy (non-hydrogen) atoms. The molecule has 0 aliphatic carbocycles. The summed E-state index contributed by atoms with van der Waals surface area (Å²) in [5.74, 6) is 1.74. The zero-order valence-electron chi connectivity index (χ0n) is 9.10. The molecule has 0 aromatic carbocycles. The first kappa shape index (κ1) is 9.66. The Morgan fingerprint density at radius 2 is 2.44 bits per heavy atom. The molecule has 1 saturated heterocycles. The molecular formula is C12H15N3O. The fourth-order valence-corrected chi connectivity index (χ4v) is 2.29. The topological polar surface area (TPSA) is 52.5 Å². The van der Waals surface area contributed by atoms with Crippen molar-refractivity contribution in [3.05, 3.63) is 30.2 Å². The van der Waals surface area contributed by atoms with E-state index in [0.29, 0.717) is 6.10 Å². The van der Waals surface area contributed by atoms with Crippen molar-refractivity contribution in [3.63, 3.8) is 0 Å². The van der Waals surface area contributed by atoms with Crippen LogP contribution in [0.5, 0.6) is 0 Å².